The van der Waals surface area contributed by atoms with Crippen LogP contribution in [0.1, 0.15) is 56.7 Å². The van der Waals surface area contributed by atoms with E-state index in [0.29, 0.717) is 17.3 Å². The molecule has 19 heavy (non-hydrogen) atoms. The molecule has 4 heteroatoms. The number of aromatic nitrogens is 1. The van der Waals surface area contributed by atoms with Gasteiger partial charge in [0.2, 0.25) is 0 Å². The predicted molar refractivity (Wildman–Crippen MR) is 83.2 cm³/mol. The first-order valence-electron chi connectivity index (χ1n) is 7.07. The maximum absolute atomic E-state index is 5.66. The molecule has 0 saturated heterocycles. The Kier molecular flexibility index (Phi) is 8.34. The largest absolute Gasteiger partial charge is 0.388 e. The van der Waals surface area contributed by atoms with Gasteiger partial charge in [0.25, 0.3) is 0 Å². The second-order valence-corrected chi connectivity index (χ2v) is 5.14. The summed E-state index contributed by atoms with van der Waals surface area (Å²) in [5.41, 5.74) is 7.28. The summed E-state index contributed by atoms with van der Waals surface area (Å²) < 4.78 is 5.66. The number of hydrogen-bond donors (Lipinski definition) is 1. The number of ether oxygens (including phenoxy) is 1. The first-order chi connectivity index (χ1) is 9.25. The van der Waals surface area contributed by atoms with Gasteiger partial charge < -0.3 is 10.5 Å². The van der Waals surface area contributed by atoms with E-state index in [1.165, 1.54) is 32.1 Å². The molecule has 3 nitrogen and oxygen atoms in total. The molecular weight excluding hydrogens is 256 g/mol. The van der Waals surface area contributed by atoms with Crippen molar-refractivity contribution in [2.45, 2.75) is 52.1 Å². The molecule has 0 radical (unpaired) electrons. The van der Waals surface area contributed by atoms with Crippen LogP contribution in [0.3, 0.4) is 0 Å². The summed E-state index contributed by atoms with van der Waals surface area (Å²) in [5.74, 6) is 0. The minimum Gasteiger partial charge on any atom is -0.388 e. The third kappa shape index (κ3) is 6.64. The molecule has 0 bridgehead atoms. The van der Waals surface area contributed by atoms with Crippen LogP contribution in [0.4, 0.5) is 0 Å². The van der Waals surface area contributed by atoms with Crippen molar-refractivity contribution in [1.29, 1.82) is 0 Å². The standard InChI is InChI=1S/C15H24N2OS/c1-2-3-4-5-6-7-11-18-12-13-9-8-10-17-14(13)15(16)19/h8-10H,2-7,11-12H2,1H3,(H2,16,19). The van der Waals surface area contributed by atoms with Gasteiger partial charge in [-0.2, -0.15) is 0 Å². The monoisotopic (exact) mass is 280 g/mol. The Hall–Kier alpha value is -1.00. The summed E-state index contributed by atoms with van der Waals surface area (Å²) in [4.78, 5) is 4.51. The van der Waals surface area contributed by atoms with Crippen LogP contribution >= 0.6 is 12.2 Å². The Morgan fingerprint density at radius 1 is 1.26 bits per heavy atom. The maximum Gasteiger partial charge on any atom is 0.123 e. The van der Waals surface area contributed by atoms with E-state index in [4.69, 9.17) is 22.7 Å². The molecule has 0 aliphatic heterocycles. The van der Waals surface area contributed by atoms with E-state index in [2.05, 4.69) is 11.9 Å². The predicted octanol–water partition coefficient (Wildman–Crippen LogP) is 3.59. The second-order valence-electron chi connectivity index (χ2n) is 4.70. The summed E-state index contributed by atoms with van der Waals surface area (Å²) in [6.07, 6.45) is 9.34. The number of pyridine rings is 1. The van der Waals surface area contributed by atoms with Gasteiger partial charge in [0, 0.05) is 18.4 Å². The minimum atomic E-state index is 0.332. The van der Waals surface area contributed by atoms with Crippen LogP contribution in [-0.4, -0.2) is 16.6 Å². The number of nitrogens with zero attached hydrogens (tertiary/aromatic N) is 1. The van der Waals surface area contributed by atoms with Gasteiger partial charge in [-0.25, -0.2) is 0 Å². The van der Waals surface area contributed by atoms with E-state index >= 15 is 0 Å². The van der Waals surface area contributed by atoms with Gasteiger partial charge in [-0.15, -0.1) is 0 Å². The van der Waals surface area contributed by atoms with Gasteiger partial charge in [0.1, 0.15) is 10.7 Å². The summed E-state index contributed by atoms with van der Waals surface area (Å²) in [6.45, 7) is 3.56. The molecule has 0 saturated carbocycles. The number of nitrogens with two attached hydrogens (primary N) is 1. The van der Waals surface area contributed by atoms with Gasteiger partial charge in [-0.3, -0.25) is 4.98 Å². The summed E-state index contributed by atoms with van der Waals surface area (Å²) in [7, 11) is 0. The molecule has 1 rings (SSSR count). The zero-order chi connectivity index (χ0) is 13.9. The summed E-state index contributed by atoms with van der Waals surface area (Å²) in [5, 5.41) is 0. The first kappa shape index (κ1) is 16.1. The summed E-state index contributed by atoms with van der Waals surface area (Å²) >= 11 is 4.97. The lowest BCUT2D eigenvalue weighted by atomic mass is 10.1. The summed E-state index contributed by atoms with van der Waals surface area (Å²) in [6, 6.07) is 3.84. The van der Waals surface area contributed by atoms with Crippen LogP contribution in [0, 0.1) is 0 Å². The first-order valence-corrected chi connectivity index (χ1v) is 7.48. The van der Waals surface area contributed by atoms with Gasteiger partial charge in [-0.1, -0.05) is 57.3 Å². The molecule has 0 spiro atoms. The average Bonchev–Trinajstić information content (AvgIpc) is 2.42. The SMILES string of the molecule is CCCCCCCCOCc1cccnc1C(N)=S. The molecule has 0 atom stereocenters. The minimum absolute atomic E-state index is 0.332. The lowest BCUT2D eigenvalue weighted by molar-refractivity contribution is 0.116. The lowest BCUT2D eigenvalue weighted by Crippen LogP contribution is -2.15. The number of unbranched alkanes of at least 4 members (excludes halogenated alkanes) is 5. The molecule has 0 aromatic carbocycles. The fraction of sp³-hybridized carbons (Fsp3) is 0.600. The normalized spacial score (nSPS) is 10.6. The van der Waals surface area contributed by atoms with Gasteiger partial charge in [0.15, 0.2) is 0 Å². The third-order valence-electron chi connectivity index (χ3n) is 3.02. The Morgan fingerprint density at radius 2 is 2.00 bits per heavy atom. The average molecular weight is 280 g/mol. The van der Waals surface area contributed by atoms with Crippen molar-refractivity contribution in [3.8, 4) is 0 Å². The van der Waals surface area contributed by atoms with Crippen LogP contribution in [0.2, 0.25) is 0 Å². The number of rotatable bonds is 10. The van der Waals surface area contributed by atoms with Crippen LogP contribution in [0.15, 0.2) is 18.3 Å². The lowest BCUT2D eigenvalue weighted by Gasteiger charge is -2.08. The smallest absolute Gasteiger partial charge is 0.123 e. The van der Waals surface area contributed by atoms with Crippen LogP contribution in [0.25, 0.3) is 0 Å². The molecule has 0 aliphatic carbocycles. The fourth-order valence-electron chi connectivity index (χ4n) is 1.94. The van der Waals surface area contributed by atoms with Crippen molar-refractivity contribution in [3.63, 3.8) is 0 Å². The van der Waals surface area contributed by atoms with Crippen molar-refractivity contribution < 1.29 is 4.74 Å². The van der Waals surface area contributed by atoms with Gasteiger partial charge in [0.05, 0.1) is 6.61 Å². The molecule has 106 valence electrons. The molecule has 1 heterocycles. The molecule has 2 N–H and O–H groups in total. The molecule has 0 unspecified atom stereocenters. The second kappa shape index (κ2) is 9.87. The Morgan fingerprint density at radius 3 is 2.74 bits per heavy atom. The Labute approximate surface area is 121 Å². The van der Waals surface area contributed by atoms with E-state index in [1.54, 1.807) is 6.20 Å². The van der Waals surface area contributed by atoms with Crippen LogP contribution < -0.4 is 5.73 Å². The third-order valence-corrected chi connectivity index (χ3v) is 3.22. The van der Waals surface area contributed by atoms with E-state index < -0.39 is 0 Å². The zero-order valence-electron chi connectivity index (χ0n) is 11.7. The van der Waals surface area contributed by atoms with Crippen molar-refractivity contribution in [1.82, 2.24) is 4.98 Å². The molecule has 0 aliphatic rings. The van der Waals surface area contributed by atoms with E-state index in [0.717, 1.165) is 18.6 Å². The van der Waals surface area contributed by atoms with Crippen molar-refractivity contribution >= 4 is 17.2 Å². The zero-order valence-corrected chi connectivity index (χ0v) is 12.5. The highest BCUT2D eigenvalue weighted by molar-refractivity contribution is 7.80. The molecule has 1 aromatic rings. The maximum atomic E-state index is 5.66. The van der Waals surface area contributed by atoms with E-state index in [9.17, 15) is 0 Å². The van der Waals surface area contributed by atoms with Gasteiger partial charge >= 0.3 is 0 Å². The highest BCUT2D eigenvalue weighted by atomic mass is 32.1. The molecule has 1 aromatic heterocycles. The van der Waals surface area contributed by atoms with E-state index in [-0.39, 0.29) is 0 Å². The number of hydrogen-bond acceptors (Lipinski definition) is 3. The number of thiocarbonyl (C=S) groups is 1. The van der Waals surface area contributed by atoms with Crippen molar-refractivity contribution in [2.24, 2.45) is 5.73 Å². The molecule has 0 amide bonds. The fourth-order valence-corrected chi connectivity index (χ4v) is 2.13. The van der Waals surface area contributed by atoms with Crippen LogP contribution in [0.5, 0.6) is 0 Å². The van der Waals surface area contributed by atoms with Crippen LogP contribution in [-0.2, 0) is 11.3 Å². The van der Waals surface area contributed by atoms with Crippen molar-refractivity contribution in [2.75, 3.05) is 6.61 Å². The quantitative estimate of drug-likeness (QED) is 0.525. The topological polar surface area (TPSA) is 48.1 Å². The van der Waals surface area contributed by atoms with Gasteiger partial charge in [-0.05, 0) is 12.5 Å². The highest BCUT2D eigenvalue weighted by Crippen LogP contribution is 2.09. The Balaban J connectivity index is 2.17. The highest BCUT2D eigenvalue weighted by Gasteiger charge is 2.05. The Bertz CT molecular complexity index is 382. The molecular formula is C15H24N2OS. The van der Waals surface area contributed by atoms with E-state index in [1.807, 2.05) is 12.1 Å². The molecule has 0 fully saturated rings. The van der Waals surface area contributed by atoms with Crippen molar-refractivity contribution in [3.05, 3.63) is 29.6 Å².